The van der Waals surface area contributed by atoms with Crippen LogP contribution < -0.4 is 4.90 Å². The van der Waals surface area contributed by atoms with E-state index in [2.05, 4.69) is 25.4 Å². The molecule has 1 aliphatic rings. The predicted octanol–water partition coefficient (Wildman–Crippen LogP) is 1.92. The van der Waals surface area contributed by atoms with E-state index in [0.717, 1.165) is 12.1 Å². The van der Waals surface area contributed by atoms with Gasteiger partial charge in [-0.15, -0.1) is 10.2 Å². The normalized spacial score (nSPS) is 17.3. The molecule has 0 radical (unpaired) electrons. The Bertz CT molecular complexity index is 987. The Morgan fingerprint density at radius 1 is 1.11 bits per heavy atom. The molecular weight excluding hydrogens is 375 g/mol. The third-order valence-electron chi connectivity index (χ3n) is 4.42. The zero-order valence-corrected chi connectivity index (χ0v) is 14.8. The van der Waals surface area contributed by atoms with E-state index in [1.54, 1.807) is 13.1 Å². The summed E-state index contributed by atoms with van der Waals surface area (Å²) in [6.07, 6.45) is -4.25. The van der Waals surface area contributed by atoms with E-state index in [0.29, 0.717) is 36.6 Å². The van der Waals surface area contributed by atoms with Gasteiger partial charge in [0.15, 0.2) is 0 Å². The number of hydrogen-bond donors (Lipinski definition) is 1. The number of tetrazole rings is 1. The van der Waals surface area contributed by atoms with Crippen LogP contribution in [0.4, 0.5) is 19.0 Å². The van der Waals surface area contributed by atoms with Crippen molar-refractivity contribution in [2.24, 2.45) is 7.05 Å². The van der Waals surface area contributed by atoms with Gasteiger partial charge >= 0.3 is 6.18 Å². The van der Waals surface area contributed by atoms with Gasteiger partial charge in [0.1, 0.15) is 5.82 Å². The van der Waals surface area contributed by atoms with Crippen LogP contribution in [0.2, 0.25) is 0 Å². The Kier molecular flexibility index (Phi) is 4.46. The number of hydrogen-bond acceptors (Lipinski definition) is 7. The molecule has 0 saturated carbocycles. The second-order valence-corrected chi connectivity index (χ2v) is 6.50. The highest BCUT2D eigenvalue weighted by Crippen LogP contribution is 2.32. The quantitative estimate of drug-likeness (QED) is 0.729. The summed E-state index contributed by atoms with van der Waals surface area (Å²) in [7, 11) is 1.61. The summed E-state index contributed by atoms with van der Waals surface area (Å²) in [6, 6.07) is 6.43. The first kappa shape index (κ1) is 18.3. The Labute approximate surface area is 157 Å². The molecule has 4 rings (SSSR count). The van der Waals surface area contributed by atoms with Crippen LogP contribution in [0.25, 0.3) is 22.9 Å². The van der Waals surface area contributed by atoms with Gasteiger partial charge in [-0.25, -0.2) is 9.97 Å². The number of benzene rings is 1. The molecule has 3 heterocycles. The average molecular weight is 391 g/mol. The van der Waals surface area contributed by atoms with Gasteiger partial charge in [-0.3, -0.25) is 0 Å². The lowest BCUT2D eigenvalue weighted by Gasteiger charge is -2.18. The third-order valence-corrected chi connectivity index (χ3v) is 4.42. The fraction of sp³-hybridized carbons (Fsp3) is 0.353. The van der Waals surface area contributed by atoms with Crippen LogP contribution in [-0.2, 0) is 13.2 Å². The standard InChI is InChI=1S/C17H16F3N7O/c1-26-24-16(23-25-26)15-21-13(8-14(22-15)27-7-6-12(28)9-27)10-2-4-11(5-3-10)17(18,19)20/h2-5,8,12,28H,6-7,9H2,1H3. The highest BCUT2D eigenvalue weighted by Gasteiger charge is 2.30. The molecule has 1 N–H and O–H groups in total. The van der Waals surface area contributed by atoms with Crippen molar-refractivity contribution in [3.63, 3.8) is 0 Å². The third kappa shape index (κ3) is 3.65. The van der Waals surface area contributed by atoms with E-state index in [1.807, 2.05) is 4.90 Å². The summed E-state index contributed by atoms with van der Waals surface area (Å²) in [6.45, 7) is 1.02. The van der Waals surface area contributed by atoms with Crippen LogP contribution in [0.5, 0.6) is 0 Å². The monoisotopic (exact) mass is 391 g/mol. The van der Waals surface area contributed by atoms with E-state index in [9.17, 15) is 18.3 Å². The molecule has 11 heteroatoms. The van der Waals surface area contributed by atoms with Gasteiger partial charge in [-0.1, -0.05) is 12.1 Å². The van der Waals surface area contributed by atoms with Crippen molar-refractivity contribution < 1.29 is 18.3 Å². The summed E-state index contributed by atoms with van der Waals surface area (Å²) in [5.74, 6) is 0.961. The molecule has 1 unspecified atom stereocenters. The van der Waals surface area contributed by atoms with E-state index in [-0.39, 0.29) is 11.6 Å². The van der Waals surface area contributed by atoms with Gasteiger partial charge < -0.3 is 10.0 Å². The van der Waals surface area contributed by atoms with Gasteiger partial charge in [0.2, 0.25) is 11.6 Å². The van der Waals surface area contributed by atoms with E-state index in [4.69, 9.17) is 0 Å². The maximum Gasteiger partial charge on any atom is 0.416 e. The molecule has 1 fully saturated rings. The molecule has 0 amide bonds. The van der Waals surface area contributed by atoms with Gasteiger partial charge in [0, 0.05) is 24.7 Å². The lowest BCUT2D eigenvalue weighted by molar-refractivity contribution is -0.137. The summed E-state index contributed by atoms with van der Waals surface area (Å²) >= 11 is 0. The highest BCUT2D eigenvalue weighted by atomic mass is 19.4. The maximum absolute atomic E-state index is 12.8. The minimum atomic E-state index is -4.41. The van der Waals surface area contributed by atoms with E-state index < -0.39 is 17.8 Å². The molecule has 1 saturated heterocycles. The fourth-order valence-corrected chi connectivity index (χ4v) is 3.00. The Morgan fingerprint density at radius 2 is 1.86 bits per heavy atom. The Hall–Kier alpha value is -3.08. The minimum Gasteiger partial charge on any atom is -0.391 e. The van der Waals surface area contributed by atoms with Crippen LogP contribution >= 0.6 is 0 Å². The minimum absolute atomic E-state index is 0.206. The molecule has 1 aliphatic heterocycles. The summed E-state index contributed by atoms with van der Waals surface area (Å²) < 4.78 is 38.5. The molecule has 0 bridgehead atoms. The van der Waals surface area contributed by atoms with Gasteiger partial charge in [-0.05, 0) is 23.8 Å². The Balaban J connectivity index is 1.77. The van der Waals surface area contributed by atoms with Crippen molar-refractivity contribution >= 4 is 5.82 Å². The molecule has 1 atom stereocenters. The van der Waals surface area contributed by atoms with Crippen LogP contribution in [0, 0.1) is 0 Å². The van der Waals surface area contributed by atoms with Crippen LogP contribution in [0.1, 0.15) is 12.0 Å². The molecule has 1 aromatic carbocycles. The number of nitrogens with zero attached hydrogens (tertiary/aromatic N) is 7. The number of aliphatic hydroxyl groups is 1. The number of alkyl halides is 3. The molecular formula is C17H16F3N7O. The highest BCUT2D eigenvalue weighted by molar-refractivity contribution is 5.66. The van der Waals surface area contributed by atoms with Crippen LogP contribution in [0.3, 0.4) is 0 Å². The largest absolute Gasteiger partial charge is 0.416 e. The summed E-state index contributed by atoms with van der Waals surface area (Å²) in [4.78, 5) is 12.0. The smallest absolute Gasteiger partial charge is 0.391 e. The summed E-state index contributed by atoms with van der Waals surface area (Å²) in [5, 5.41) is 21.6. The predicted molar refractivity (Wildman–Crippen MR) is 93.1 cm³/mol. The lowest BCUT2D eigenvalue weighted by Crippen LogP contribution is -2.22. The molecule has 28 heavy (non-hydrogen) atoms. The van der Waals surface area contributed by atoms with Gasteiger partial charge in [0.05, 0.1) is 24.4 Å². The number of rotatable bonds is 3. The molecule has 2 aromatic heterocycles. The molecule has 3 aromatic rings. The van der Waals surface area contributed by atoms with Gasteiger partial charge in [0.25, 0.3) is 0 Å². The lowest BCUT2D eigenvalue weighted by atomic mass is 10.1. The van der Waals surface area contributed by atoms with Crippen LogP contribution in [-0.4, -0.2) is 54.5 Å². The first-order valence-electron chi connectivity index (χ1n) is 8.54. The van der Waals surface area contributed by atoms with Crippen molar-refractivity contribution in [3.05, 3.63) is 35.9 Å². The fourth-order valence-electron chi connectivity index (χ4n) is 3.00. The maximum atomic E-state index is 12.8. The van der Waals surface area contributed by atoms with E-state index in [1.165, 1.54) is 16.9 Å². The Morgan fingerprint density at radius 3 is 2.43 bits per heavy atom. The zero-order valence-electron chi connectivity index (χ0n) is 14.8. The first-order valence-corrected chi connectivity index (χ1v) is 8.54. The van der Waals surface area contributed by atoms with Gasteiger partial charge in [-0.2, -0.15) is 18.0 Å². The van der Waals surface area contributed by atoms with Crippen molar-refractivity contribution in [1.29, 1.82) is 0 Å². The summed E-state index contributed by atoms with van der Waals surface area (Å²) in [5.41, 5.74) is 0.202. The zero-order chi connectivity index (χ0) is 19.9. The first-order chi connectivity index (χ1) is 13.3. The number of aromatic nitrogens is 6. The molecule has 0 spiro atoms. The topological polar surface area (TPSA) is 92.9 Å². The molecule has 146 valence electrons. The molecule has 8 nitrogen and oxygen atoms in total. The van der Waals surface area contributed by atoms with E-state index >= 15 is 0 Å². The second-order valence-electron chi connectivity index (χ2n) is 6.50. The number of anilines is 1. The van der Waals surface area contributed by atoms with Crippen molar-refractivity contribution in [3.8, 4) is 22.9 Å². The number of β-amino-alcohol motifs (C(OH)–C–C–N with tert-alkyl or cyclic N) is 1. The molecule has 0 aliphatic carbocycles. The number of halogens is 3. The van der Waals surface area contributed by atoms with Crippen molar-refractivity contribution in [2.75, 3.05) is 18.0 Å². The SMILES string of the molecule is Cn1nnc(-c2nc(-c3ccc(C(F)(F)F)cc3)cc(N3CCC(O)C3)n2)n1. The number of aryl methyl sites for hydroxylation is 1. The average Bonchev–Trinajstić information content (AvgIpc) is 3.29. The van der Waals surface area contributed by atoms with Crippen LogP contribution in [0.15, 0.2) is 30.3 Å². The van der Waals surface area contributed by atoms with Crippen molar-refractivity contribution in [2.45, 2.75) is 18.7 Å². The second kappa shape index (κ2) is 6.82. The number of aliphatic hydroxyl groups excluding tert-OH is 1. The van der Waals surface area contributed by atoms with Crippen molar-refractivity contribution in [1.82, 2.24) is 30.2 Å².